The summed E-state index contributed by atoms with van der Waals surface area (Å²) < 4.78 is 0. The lowest BCUT2D eigenvalue weighted by Crippen LogP contribution is -2.33. The number of amides is 1. The first-order valence-corrected chi connectivity index (χ1v) is 7.74. The predicted octanol–water partition coefficient (Wildman–Crippen LogP) is 3.21. The molecule has 7 nitrogen and oxygen atoms in total. The summed E-state index contributed by atoms with van der Waals surface area (Å²) in [5, 5.41) is 22.7. The molecule has 0 bridgehead atoms. The van der Waals surface area contributed by atoms with Crippen LogP contribution < -0.4 is 5.32 Å². The van der Waals surface area contributed by atoms with Gasteiger partial charge in [-0.2, -0.15) is 5.26 Å². The smallest absolute Gasteiger partial charge is 0.294 e. The van der Waals surface area contributed by atoms with E-state index in [2.05, 4.69) is 5.32 Å². The molecule has 2 aromatic rings. The number of carbonyl (C=O) groups excluding carboxylic acids is 1. The number of hydrogen-bond donors (Lipinski definition) is 1. The first kappa shape index (κ1) is 18.4. The van der Waals surface area contributed by atoms with Crippen molar-refractivity contribution in [3.63, 3.8) is 0 Å². The van der Waals surface area contributed by atoms with Crippen LogP contribution in [0.4, 0.5) is 11.4 Å². The van der Waals surface area contributed by atoms with Crippen LogP contribution in [0.25, 0.3) is 0 Å². The third kappa shape index (κ3) is 5.57. The topological polar surface area (TPSA) is 99.3 Å². The molecule has 0 saturated heterocycles. The molecule has 0 aliphatic rings. The van der Waals surface area contributed by atoms with E-state index in [0.29, 0.717) is 6.54 Å². The van der Waals surface area contributed by atoms with E-state index in [1.165, 1.54) is 18.2 Å². The number of nitro groups is 1. The van der Waals surface area contributed by atoms with Gasteiger partial charge in [-0.05, 0) is 17.7 Å². The normalized spacial score (nSPS) is 10.3. The minimum atomic E-state index is -0.613. The monoisotopic (exact) mass is 358 g/mol. The van der Waals surface area contributed by atoms with Gasteiger partial charge in [0.1, 0.15) is 5.69 Å². The molecule has 0 unspecified atom stereocenters. The predicted molar refractivity (Wildman–Crippen MR) is 94.1 cm³/mol. The fourth-order valence-corrected chi connectivity index (χ4v) is 2.43. The number of rotatable bonds is 7. The minimum Gasteiger partial charge on any atom is -0.319 e. The van der Waals surface area contributed by atoms with Gasteiger partial charge >= 0.3 is 0 Å². The molecule has 1 amide bonds. The molecular formula is C17H15ClN4O3. The van der Waals surface area contributed by atoms with Crippen LogP contribution in [0.5, 0.6) is 0 Å². The first-order chi connectivity index (χ1) is 12.0. The molecule has 1 N–H and O–H groups in total. The highest BCUT2D eigenvalue weighted by atomic mass is 35.5. The molecule has 0 heterocycles. The van der Waals surface area contributed by atoms with Gasteiger partial charge in [0, 0.05) is 17.6 Å². The second-order valence-corrected chi connectivity index (χ2v) is 5.69. The molecule has 2 rings (SSSR count). The lowest BCUT2D eigenvalue weighted by Gasteiger charge is -2.18. The van der Waals surface area contributed by atoms with Crippen LogP contribution >= 0.6 is 11.6 Å². The van der Waals surface area contributed by atoms with E-state index in [0.717, 1.165) is 5.56 Å². The Morgan fingerprint density at radius 2 is 2.00 bits per heavy atom. The summed E-state index contributed by atoms with van der Waals surface area (Å²) in [7, 11) is 0. The molecule has 0 fully saturated rings. The lowest BCUT2D eigenvalue weighted by molar-refractivity contribution is -0.383. The highest BCUT2D eigenvalue weighted by molar-refractivity contribution is 6.31. The summed E-state index contributed by atoms with van der Waals surface area (Å²) in [4.78, 5) is 24.3. The third-order valence-electron chi connectivity index (χ3n) is 3.34. The van der Waals surface area contributed by atoms with Gasteiger partial charge in [-0.3, -0.25) is 19.8 Å². The van der Waals surface area contributed by atoms with Crippen molar-refractivity contribution in [3.05, 3.63) is 69.2 Å². The van der Waals surface area contributed by atoms with Crippen LogP contribution in [-0.2, 0) is 11.3 Å². The van der Waals surface area contributed by atoms with Crippen molar-refractivity contribution < 1.29 is 9.72 Å². The Balaban J connectivity index is 2.07. The quantitative estimate of drug-likeness (QED) is 0.465. The number of carbonyl (C=O) groups is 1. The molecule has 2 aromatic carbocycles. The lowest BCUT2D eigenvalue weighted by atomic mass is 10.2. The summed E-state index contributed by atoms with van der Waals surface area (Å²) in [6.07, 6.45) is 0. The van der Waals surface area contributed by atoms with Gasteiger partial charge in [-0.25, -0.2) is 0 Å². The van der Waals surface area contributed by atoms with Crippen LogP contribution in [0.2, 0.25) is 5.02 Å². The molecule has 0 radical (unpaired) electrons. The molecule has 0 saturated carbocycles. The van der Waals surface area contributed by atoms with Crippen LogP contribution in [0.1, 0.15) is 5.56 Å². The summed E-state index contributed by atoms with van der Waals surface area (Å²) in [5.74, 6) is -0.448. The van der Waals surface area contributed by atoms with Crippen molar-refractivity contribution in [2.24, 2.45) is 0 Å². The molecule has 0 spiro atoms. The van der Waals surface area contributed by atoms with Gasteiger partial charge in [0.2, 0.25) is 5.91 Å². The summed E-state index contributed by atoms with van der Waals surface area (Å²) in [6.45, 7) is 0.414. The van der Waals surface area contributed by atoms with Crippen LogP contribution in [0, 0.1) is 21.4 Å². The second-order valence-electron chi connectivity index (χ2n) is 5.26. The van der Waals surface area contributed by atoms with Crippen molar-refractivity contribution >= 4 is 28.9 Å². The fourth-order valence-electron chi connectivity index (χ4n) is 2.26. The number of anilines is 1. The van der Waals surface area contributed by atoms with Crippen LogP contribution in [-0.4, -0.2) is 28.8 Å². The maximum atomic E-state index is 12.2. The number of nitrogens with one attached hydrogen (secondary N) is 1. The average molecular weight is 359 g/mol. The van der Waals surface area contributed by atoms with E-state index in [4.69, 9.17) is 16.9 Å². The van der Waals surface area contributed by atoms with Crippen LogP contribution in [0.15, 0.2) is 48.5 Å². The Morgan fingerprint density at radius 3 is 2.64 bits per heavy atom. The van der Waals surface area contributed by atoms with Crippen molar-refractivity contribution in [2.45, 2.75) is 6.54 Å². The van der Waals surface area contributed by atoms with E-state index < -0.39 is 10.8 Å². The number of halogens is 1. The Bertz CT molecular complexity index is 805. The SMILES string of the molecule is N#CCN(CC(=O)Nc1ccc(Cl)cc1[N+](=O)[O-])Cc1ccccc1. The minimum absolute atomic E-state index is 0.0605. The zero-order chi connectivity index (χ0) is 18.2. The maximum Gasteiger partial charge on any atom is 0.294 e. The average Bonchev–Trinajstić information content (AvgIpc) is 2.57. The van der Waals surface area contributed by atoms with Crippen molar-refractivity contribution in [1.29, 1.82) is 5.26 Å². The highest BCUT2D eigenvalue weighted by Gasteiger charge is 2.18. The fraction of sp³-hybridized carbons (Fsp3) is 0.176. The van der Waals surface area contributed by atoms with Gasteiger partial charge in [-0.1, -0.05) is 41.9 Å². The van der Waals surface area contributed by atoms with Gasteiger partial charge in [0.05, 0.1) is 24.1 Å². The third-order valence-corrected chi connectivity index (χ3v) is 3.58. The van der Waals surface area contributed by atoms with Gasteiger partial charge in [0.25, 0.3) is 5.69 Å². The van der Waals surface area contributed by atoms with E-state index in [9.17, 15) is 14.9 Å². The van der Waals surface area contributed by atoms with Crippen molar-refractivity contribution in [1.82, 2.24) is 4.90 Å². The van der Waals surface area contributed by atoms with Gasteiger partial charge in [-0.15, -0.1) is 0 Å². The van der Waals surface area contributed by atoms with E-state index >= 15 is 0 Å². The molecular weight excluding hydrogens is 344 g/mol. The number of hydrogen-bond acceptors (Lipinski definition) is 5. The standard InChI is InChI=1S/C17H15ClN4O3/c18-14-6-7-15(16(10-14)22(24)25)20-17(23)12-21(9-8-19)11-13-4-2-1-3-5-13/h1-7,10H,9,11-12H2,(H,20,23). The summed E-state index contributed by atoms with van der Waals surface area (Å²) >= 11 is 5.75. The van der Waals surface area contributed by atoms with Gasteiger partial charge in [0.15, 0.2) is 0 Å². The molecule has 128 valence electrons. The molecule has 0 atom stereocenters. The molecule has 0 aromatic heterocycles. The zero-order valence-corrected chi connectivity index (χ0v) is 13.9. The molecule has 0 aliphatic heterocycles. The maximum absolute atomic E-state index is 12.2. The Morgan fingerprint density at radius 1 is 1.28 bits per heavy atom. The summed E-state index contributed by atoms with van der Waals surface area (Å²) in [6, 6.07) is 15.4. The molecule has 25 heavy (non-hydrogen) atoms. The van der Waals surface area contributed by atoms with E-state index in [1.807, 2.05) is 36.4 Å². The van der Waals surface area contributed by atoms with E-state index in [1.54, 1.807) is 4.90 Å². The number of benzene rings is 2. The zero-order valence-electron chi connectivity index (χ0n) is 13.2. The number of nitrogens with zero attached hydrogens (tertiary/aromatic N) is 3. The molecule has 0 aliphatic carbocycles. The number of nitro benzene ring substituents is 1. The first-order valence-electron chi connectivity index (χ1n) is 7.36. The Hall–Kier alpha value is -2.95. The van der Waals surface area contributed by atoms with E-state index in [-0.39, 0.29) is 29.5 Å². The largest absolute Gasteiger partial charge is 0.319 e. The van der Waals surface area contributed by atoms with Crippen LogP contribution in [0.3, 0.4) is 0 Å². The van der Waals surface area contributed by atoms with Crippen molar-refractivity contribution in [2.75, 3.05) is 18.4 Å². The summed E-state index contributed by atoms with van der Waals surface area (Å²) in [5.41, 5.74) is 0.745. The van der Waals surface area contributed by atoms with Crippen molar-refractivity contribution in [3.8, 4) is 6.07 Å². The number of nitriles is 1. The Labute approximate surface area is 149 Å². The Kier molecular flexibility index (Phi) is 6.46. The van der Waals surface area contributed by atoms with Gasteiger partial charge < -0.3 is 5.32 Å². The molecule has 8 heteroatoms. The highest BCUT2D eigenvalue weighted by Crippen LogP contribution is 2.27. The second kappa shape index (κ2) is 8.78.